The van der Waals surface area contributed by atoms with E-state index in [2.05, 4.69) is 34.2 Å². The SMILES string of the molecule is CCc1ccc(CNC(=O)CN2CCN(c3ccc(O)cc3)CC2)s1. The molecule has 2 aromatic rings. The smallest absolute Gasteiger partial charge is 0.234 e. The van der Waals surface area contributed by atoms with E-state index in [4.69, 9.17) is 0 Å². The first kappa shape index (κ1) is 17.8. The normalized spacial score (nSPS) is 15.3. The minimum atomic E-state index is 0.0875. The van der Waals surface area contributed by atoms with Gasteiger partial charge in [0.25, 0.3) is 0 Å². The Balaban J connectivity index is 1.40. The van der Waals surface area contributed by atoms with E-state index in [1.807, 2.05) is 12.1 Å². The number of nitrogens with zero attached hydrogens (tertiary/aromatic N) is 2. The Labute approximate surface area is 152 Å². The molecule has 0 spiro atoms. The molecule has 0 unspecified atom stereocenters. The van der Waals surface area contributed by atoms with E-state index in [9.17, 15) is 9.90 Å². The van der Waals surface area contributed by atoms with E-state index in [0.717, 1.165) is 38.3 Å². The summed E-state index contributed by atoms with van der Waals surface area (Å²) in [5.74, 6) is 0.375. The predicted molar refractivity (Wildman–Crippen MR) is 102 cm³/mol. The number of benzene rings is 1. The van der Waals surface area contributed by atoms with E-state index < -0.39 is 0 Å². The van der Waals surface area contributed by atoms with Crippen LogP contribution in [0.5, 0.6) is 5.75 Å². The Hall–Kier alpha value is -2.05. The lowest BCUT2D eigenvalue weighted by molar-refractivity contribution is -0.122. The highest BCUT2D eigenvalue weighted by Gasteiger charge is 2.19. The number of nitrogens with one attached hydrogen (secondary N) is 1. The highest BCUT2D eigenvalue weighted by atomic mass is 32.1. The molecule has 1 aliphatic heterocycles. The number of carbonyl (C=O) groups excluding carboxylic acids is 1. The third-order valence-electron chi connectivity index (χ3n) is 4.48. The van der Waals surface area contributed by atoms with Gasteiger partial charge in [0, 0.05) is 41.6 Å². The van der Waals surface area contributed by atoms with Gasteiger partial charge in [-0.1, -0.05) is 6.92 Å². The number of hydrogen-bond acceptors (Lipinski definition) is 5. The van der Waals surface area contributed by atoms with Crippen LogP contribution >= 0.6 is 11.3 Å². The van der Waals surface area contributed by atoms with Gasteiger partial charge in [0.2, 0.25) is 5.91 Å². The molecule has 1 aromatic carbocycles. The van der Waals surface area contributed by atoms with Crippen LogP contribution in [0.1, 0.15) is 16.7 Å². The summed E-state index contributed by atoms with van der Waals surface area (Å²) in [6.45, 7) is 6.74. The molecule has 1 fully saturated rings. The van der Waals surface area contributed by atoms with Crippen molar-refractivity contribution in [2.45, 2.75) is 19.9 Å². The molecule has 1 saturated heterocycles. The molecular weight excluding hydrogens is 334 g/mol. The van der Waals surface area contributed by atoms with E-state index in [1.54, 1.807) is 23.5 Å². The Morgan fingerprint density at radius 3 is 2.40 bits per heavy atom. The molecule has 1 amide bonds. The van der Waals surface area contributed by atoms with Crippen molar-refractivity contribution in [3.63, 3.8) is 0 Å². The van der Waals surface area contributed by atoms with E-state index in [0.29, 0.717) is 13.1 Å². The molecule has 0 atom stereocenters. The molecule has 0 bridgehead atoms. The van der Waals surface area contributed by atoms with E-state index in [1.165, 1.54) is 9.75 Å². The van der Waals surface area contributed by atoms with Crippen LogP contribution in [0.2, 0.25) is 0 Å². The lowest BCUT2D eigenvalue weighted by Crippen LogP contribution is -2.49. The number of aromatic hydroxyl groups is 1. The van der Waals surface area contributed by atoms with Crippen LogP contribution in [0.4, 0.5) is 5.69 Å². The van der Waals surface area contributed by atoms with Gasteiger partial charge in [-0.25, -0.2) is 0 Å². The fourth-order valence-electron chi connectivity index (χ4n) is 2.98. The third-order valence-corrected chi connectivity index (χ3v) is 5.71. The fourth-order valence-corrected chi connectivity index (χ4v) is 3.88. The number of amides is 1. The summed E-state index contributed by atoms with van der Waals surface area (Å²) >= 11 is 1.77. The zero-order valence-corrected chi connectivity index (χ0v) is 15.4. The number of thiophene rings is 1. The van der Waals surface area contributed by atoms with Gasteiger partial charge in [0.05, 0.1) is 13.1 Å². The minimum absolute atomic E-state index is 0.0875. The lowest BCUT2D eigenvalue weighted by Gasteiger charge is -2.35. The first-order valence-electron chi connectivity index (χ1n) is 8.74. The van der Waals surface area contributed by atoms with Gasteiger partial charge in [0.1, 0.15) is 5.75 Å². The van der Waals surface area contributed by atoms with Gasteiger partial charge in [-0.05, 0) is 42.8 Å². The zero-order chi connectivity index (χ0) is 17.6. The van der Waals surface area contributed by atoms with Gasteiger partial charge in [0.15, 0.2) is 0 Å². The number of aryl methyl sites for hydroxylation is 1. The zero-order valence-electron chi connectivity index (χ0n) is 14.6. The average Bonchev–Trinajstić information content (AvgIpc) is 3.10. The highest BCUT2D eigenvalue weighted by molar-refractivity contribution is 7.11. The van der Waals surface area contributed by atoms with Crippen molar-refractivity contribution in [2.75, 3.05) is 37.6 Å². The van der Waals surface area contributed by atoms with Gasteiger partial charge >= 0.3 is 0 Å². The third kappa shape index (κ3) is 4.96. The second kappa shape index (κ2) is 8.36. The number of hydrogen-bond donors (Lipinski definition) is 2. The number of anilines is 1. The number of phenols is 1. The van der Waals surface area contributed by atoms with Crippen LogP contribution < -0.4 is 10.2 Å². The number of piperazine rings is 1. The molecule has 6 heteroatoms. The quantitative estimate of drug-likeness (QED) is 0.832. The van der Waals surface area contributed by atoms with Crippen molar-refractivity contribution in [3.05, 3.63) is 46.2 Å². The molecule has 3 rings (SSSR count). The van der Waals surface area contributed by atoms with Crippen molar-refractivity contribution in [3.8, 4) is 5.75 Å². The van der Waals surface area contributed by atoms with Crippen molar-refractivity contribution >= 4 is 22.9 Å². The maximum atomic E-state index is 12.2. The summed E-state index contributed by atoms with van der Waals surface area (Å²) < 4.78 is 0. The van der Waals surface area contributed by atoms with Crippen LogP contribution in [-0.2, 0) is 17.8 Å². The Morgan fingerprint density at radius 2 is 1.76 bits per heavy atom. The summed E-state index contributed by atoms with van der Waals surface area (Å²) in [4.78, 5) is 19.2. The number of carbonyl (C=O) groups is 1. The second-order valence-electron chi connectivity index (χ2n) is 6.28. The fraction of sp³-hybridized carbons (Fsp3) is 0.421. The second-order valence-corrected chi connectivity index (χ2v) is 7.53. The molecular formula is C19H25N3O2S. The summed E-state index contributed by atoms with van der Waals surface area (Å²) in [6, 6.07) is 11.5. The minimum Gasteiger partial charge on any atom is -0.508 e. The first-order chi connectivity index (χ1) is 12.1. The van der Waals surface area contributed by atoms with Crippen LogP contribution in [0.3, 0.4) is 0 Å². The van der Waals surface area contributed by atoms with Crippen molar-refractivity contribution in [1.82, 2.24) is 10.2 Å². The summed E-state index contributed by atoms with van der Waals surface area (Å²) in [6.07, 6.45) is 1.05. The molecule has 134 valence electrons. The van der Waals surface area contributed by atoms with Gasteiger partial charge in [-0.15, -0.1) is 11.3 Å². The molecule has 25 heavy (non-hydrogen) atoms. The molecule has 1 aromatic heterocycles. The van der Waals surface area contributed by atoms with Gasteiger partial charge in [-0.2, -0.15) is 0 Å². The van der Waals surface area contributed by atoms with Gasteiger partial charge in [-0.3, -0.25) is 9.69 Å². The van der Waals surface area contributed by atoms with E-state index in [-0.39, 0.29) is 11.7 Å². The Morgan fingerprint density at radius 1 is 1.08 bits per heavy atom. The number of rotatable bonds is 6. The predicted octanol–water partition coefficient (Wildman–Crippen LogP) is 2.45. The largest absolute Gasteiger partial charge is 0.508 e. The summed E-state index contributed by atoms with van der Waals surface area (Å²) in [7, 11) is 0. The first-order valence-corrected chi connectivity index (χ1v) is 9.56. The average molecular weight is 359 g/mol. The monoisotopic (exact) mass is 359 g/mol. The Kier molecular flexibility index (Phi) is 5.94. The standard InChI is InChI=1S/C19H25N3O2S/c1-2-17-7-8-18(25-17)13-20-19(24)14-21-9-11-22(12-10-21)15-3-5-16(23)6-4-15/h3-8,23H,2,9-14H2,1H3,(H,20,24). The maximum absolute atomic E-state index is 12.2. The molecule has 0 saturated carbocycles. The van der Waals surface area contributed by atoms with Crippen molar-refractivity contribution in [1.29, 1.82) is 0 Å². The molecule has 2 N–H and O–H groups in total. The maximum Gasteiger partial charge on any atom is 0.234 e. The van der Waals surface area contributed by atoms with Crippen LogP contribution in [0.15, 0.2) is 36.4 Å². The molecule has 2 heterocycles. The van der Waals surface area contributed by atoms with Crippen LogP contribution in [0, 0.1) is 0 Å². The van der Waals surface area contributed by atoms with Gasteiger partial charge < -0.3 is 15.3 Å². The summed E-state index contributed by atoms with van der Waals surface area (Å²) in [5.41, 5.74) is 1.12. The number of phenolic OH excluding ortho intramolecular Hbond substituents is 1. The highest BCUT2D eigenvalue weighted by Crippen LogP contribution is 2.20. The molecule has 5 nitrogen and oxygen atoms in total. The van der Waals surface area contributed by atoms with E-state index >= 15 is 0 Å². The van der Waals surface area contributed by atoms with Crippen LogP contribution in [0.25, 0.3) is 0 Å². The van der Waals surface area contributed by atoms with Crippen molar-refractivity contribution < 1.29 is 9.90 Å². The molecule has 1 aliphatic rings. The van der Waals surface area contributed by atoms with Crippen LogP contribution in [-0.4, -0.2) is 48.6 Å². The lowest BCUT2D eigenvalue weighted by atomic mass is 10.2. The topological polar surface area (TPSA) is 55.8 Å². The Bertz CT molecular complexity index is 691. The molecule has 0 radical (unpaired) electrons. The van der Waals surface area contributed by atoms with Crippen molar-refractivity contribution in [2.24, 2.45) is 0 Å². The summed E-state index contributed by atoms with van der Waals surface area (Å²) in [5, 5.41) is 12.4. The molecule has 0 aliphatic carbocycles.